The number of aliphatic imine (C=N–C) groups is 1. The molecule has 2 N–H and O–H groups in total. The van der Waals surface area contributed by atoms with Gasteiger partial charge in [0.1, 0.15) is 0 Å². The molecule has 2 aromatic carbocycles. The monoisotopic (exact) mass is 430 g/mol. The van der Waals surface area contributed by atoms with Crippen LogP contribution in [0.3, 0.4) is 0 Å². The van der Waals surface area contributed by atoms with Gasteiger partial charge < -0.3 is 15.5 Å². The number of hydrogen-bond acceptors (Lipinski definition) is 3. The van der Waals surface area contributed by atoms with E-state index in [1.54, 1.807) is 18.8 Å². The first kappa shape index (κ1) is 21.5. The van der Waals surface area contributed by atoms with Crippen LogP contribution in [0.15, 0.2) is 58.4 Å². The fourth-order valence-corrected chi connectivity index (χ4v) is 4.10. The van der Waals surface area contributed by atoms with Gasteiger partial charge in [-0.3, -0.25) is 9.79 Å². The predicted octanol–water partition coefficient (Wildman–Crippen LogP) is 3.92. The van der Waals surface area contributed by atoms with Gasteiger partial charge >= 0.3 is 0 Å². The molecular weight excluding hydrogens is 404 g/mol. The number of rotatable bonds is 8. The van der Waals surface area contributed by atoms with Gasteiger partial charge in [-0.15, -0.1) is 11.8 Å². The first-order valence-electron chi connectivity index (χ1n) is 9.82. The number of amides is 1. The molecule has 7 heteroatoms. The SMILES string of the molecule is CN=C(NCCSc1ccc(Cl)cc1)NCc1cccc(CN2CCCC2=O)c1. The van der Waals surface area contributed by atoms with Crippen molar-refractivity contribution in [3.63, 3.8) is 0 Å². The fourth-order valence-electron chi connectivity index (χ4n) is 3.21. The summed E-state index contributed by atoms with van der Waals surface area (Å²) in [4.78, 5) is 19.3. The summed E-state index contributed by atoms with van der Waals surface area (Å²) < 4.78 is 0. The van der Waals surface area contributed by atoms with Gasteiger partial charge in [0.05, 0.1) is 0 Å². The lowest BCUT2D eigenvalue weighted by atomic mass is 10.1. The summed E-state index contributed by atoms with van der Waals surface area (Å²) in [5, 5.41) is 7.45. The summed E-state index contributed by atoms with van der Waals surface area (Å²) >= 11 is 7.69. The number of guanidine groups is 1. The maximum atomic E-state index is 11.8. The third kappa shape index (κ3) is 6.98. The van der Waals surface area contributed by atoms with E-state index in [2.05, 4.69) is 33.8 Å². The first-order chi connectivity index (χ1) is 14.1. The molecule has 1 amide bonds. The highest BCUT2D eigenvalue weighted by Gasteiger charge is 2.19. The number of likely N-dealkylation sites (tertiary alicyclic amines) is 1. The van der Waals surface area contributed by atoms with Crippen molar-refractivity contribution >= 4 is 35.2 Å². The second kappa shape index (κ2) is 11.1. The number of hydrogen-bond donors (Lipinski definition) is 2. The zero-order chi connectivity index (χ0) is 20.5. The van der Waals surface area contributed by atoms with Crippen molar-refractivity contribution < 1.29 is 4.79 Å². The van der Waals surface area contributed by atoms with Crippen LogP contribution in [0, 0.1) is 0 Å². The van der Waals surface area contributed by atoms with Gasteiger partial charge in [-0.1, -0.05) is 35.9 Å². The smallest absolute Gasteiger partial charge is 0.222 e. The van der Waals surface area contributed by atoms with Gasteiger partial charge in [-0.25, -0.2) is 0 Å². The standard InChI is InChI=1S/C22H27ClN4OS/c1-24-22(25-11-13-29-20-9-7-19(23)8-10-20)26-15-17-4-2-5-18(14-17)16-27-12-3-6-21(27)28/h2,4-5,7-10,14H,3,6,11-13,15-16H2,1H3,(H2,24,25,26). The van der Waals surface area contributed by atoms with Crippen LogP contribution in [0.25, 0.3) is 0 Å². The number of benzene rings is 2. The molecule has 154 valence electrons. The Kier molecular flexibility index (Phi) is 8.25. The van der Waals surface area contributed by atoms with Gasteiger partial charge in [0.15, 0.2) is 5.96 Å². The molecule has 5 nitrogen and oxygen atoms in total. The van der Waals surface area contributed by atoms with Crippen LogP contribution in [0.1, 0.15) is 24.0 Å². The van der Waals surface area contributed by atoms with E-state index < -0.39 is 0 Å². The fraction of sp³-hybridized carbons (Fsp3) is 0.364. The number of nitrogens with zero attached hydrogens (tertiary/aromatic N) is 2. The van der Waals surface area contributed by atoms with Gasteiger partial charge in [0.25, 0.3) is 0 Å². The van der Waals surface area contributed by atoms with E-state index in [1.165, 1.54) is 16.0 Å². The molecule has 2 aromatic rings. The molecule has 0 radical (unpaired) electrons. The number of carbonyl (C=O) groups excluding carboxylic acids is 1. The van der Waals surface area contributed by atoms with E-state index in [1.807, 2.05) is 35.2 Å². The van der Waals surface area contributed by atoms with E-state index in [0.717, 1.165) is 36.2 Å². The Balaban J connectivity index is 1.41. The van der Waals surface area contributed by atoms with Gasteiger partial charge in [0.2, 0.25) is 5.91 Å². The van der Waals surface area contributed by atoms with Crippen molar-refractivity contribution in [1.82, 2.24) is 15.5 Å². The van der Waals surface area contributed by atoms with Gasteiger partial charge in [0, 0.05) is 55.3 Å². The molecule has 0 aliphatic carbocycles. The summed E-state index contributed by atoms with van der Waals surface area (Å²) in [6.45, 7) is 3.06. The minimum Gasteiger partial charge on any atom is -0.356 e. The summed E-state index contributed by atoms with van der Waals surface area (Å²) in [6.07, 6.45) is 1.65. The van der Waals surface area contributed by atoms with Crippen LogP contribution in [0.4, 0.5) is 0 Å². The highest BCUT2D eigenvalue weighted by molar-refractivity contribution is 7.99. The third-order valence-corrected chi connectivity index (χ3v) is 5.96. The van der Waals surface area contributed by atoms with E-state index >= 15 is 0 Å². The largest absolute Gasteiger partial charge is 0.356 e. The molecule has 0 bridgehead atoms. The molecule has 0 unspecified atom stereocenters. The van der Waals surface area contributed by atoms with Crippen LogP contribution in [0.2, 0.25) is 5.02 Å². The Morgan fingerprint density at radius 1 is 1.17 bits per heavy atom. The topological polar surface area (TPSA) is 56.7 Å². The molecule has 1 aliphatic heterocycles. The summed E-state index contributed by atoms with van der Waals surface area (Å²) in [6, 6.07) is 16.2. The van der Waals surface area contributed by atoms with Crippen molar-refractivity contribution in [3.8, 4) is 0 Å². The lowest BCUT2D eigenvalue weighted by Gasteiger charge is -2.16. The van der Waals surface area contributed by atoms with Crippen LogP contribution in [-0.4, -0.2) is 42.7 Å². The molecule has 0 aromatic heterocycles. The maximum absolute atomic E-state index is 11.8. The van der Waals surface area contributed by atoms with E-state index in [0.29, 0.717) is 19.5 Å². The summed E-state index contributed by atoms with van der Waals surface area (Å²) in [7, 11) is 1.77. The molecular formula is C22H27ClN4OS. The zero-order valence-corrected chi connectivity index (χ0v) is 18.2. The minimum absolute atomic E-state index is 0.259. The lowest BCUT2D eigenvalue weighted by Crippen LogP contribution is -2.38. The molecule has 0 saturated carbocycles. The highest BCUT2D eigenvalue weighted by atomic mass is 35.5. The van der Waals surface area contributed by atoms with Crippen molar-refractivity contribution in [3.05, 3.63) is 64.7 Å². The van der Waals surface area contributed by atoms with E-state index in [4.69, 9.17) is 11.6 Å². The second-order valence-corrected chi connectivity index (χ2v) is 8.50. The average Bonchev–Trinajstić information content (AvgIpc) is 3.13. The first-order valence-corrected chi connectivity index (χ1v) is 11.2. The second-order valence-electron chi connectivity index (χ2n) is 6.89. The molecule has 29 heavy (non-hydrogen) atoms. The van der Waals surface area contributed by atoms with Crippen molar-refractivity contribution in [1.29, 1.82) is 0 Å². The molecule has 3 rings (SSSR count). The van der Waals surface area contributed by atoms with Crippen LogP contribution in [-0.2, 0) is 17.9 Å². The number of halogens is 1. The lowest BCUT2D eigenvalue weighted by molar-refractivity contribution is -0.128. The van der Waals surface area contributed by atoms with Crippen molar-refractivity contribution in [2.24, 2.45) is 4.99 Å². The normalized spacial score (nSPS) is 14.3. The van der Waals surface area contributed by atoms with E-state index in [-0.39, 0.29) is 5.91 Å². The molecule has 0 atom stereocenters. The molecule has 0 spiro atoms. The Hall–Kier alpha value is -2.18. The molecule has 1 aliphatic rings. The number of thioether (sulfide) groups is 1. The summed E-state index contributed by atoms with van der Waals surface area (Å²) in [5.74, 6) is 1.97. The Labute approximate surface area is 181 Å². The number of nitrogens with one attached hydrogen (secondary N) is 2. The summed E-state index contributed by atoms with van der Waals surface area (Å²) in [5.41, 5.74) is 2.34. The van der Waals surface area contributed by atoms with Crippen LogP contribution >= 0.6 is 23.4 Å². The van der Waals surface area contributed by atoms with Crippen molar-refractivity contribution in [2.75, 3.05) is 25.9 Å². The molecule has 1 fully saturated rings. The third-order valence-electron chi connectivity index (χ3n) is 4.70. The van der Waals surface area contributed by atoms with Crippen LogP contribution < -0.4 is 10.6 Å². The Morgan fingerprint density at radius 3 is 2.69 bits per heavy atom. The van der Waals surface area contributed by atoms with Gasteiger partial charge in [-0.2, -0.15) is 0 Å². The highest BCUT2D eigenvalue weighted by Crippen LogP contribution is 2.19. The van der Waals surface area contributed by atoms with Crippen molar-refractivity contribution in [2.45, 2.75) is 30.8 Å². The average molecular weight is 431 g/mol. The maximum Gasteiger partial charge on any atom is 0.222 e. The minimum atomic E-state index is 0.259. The quantitative estimate of drug-likeness (QED) is 0.288. The van der Waals surface area contributed by atoms with Crippen LogP contribution in [0.5, 0.6) is 0 Å². The predicted molar refractivity (Wildman–Crippen MR) is 121 cm³/mol. The zero-order valence-electron chi connectivity index (χ0n) is 16.7. The Morgan fingerprint density at radius 2 is 1.97 bits per heavy atom. The molecule has 1 heterocycles. The van der Waals surface area contributed by atoms with E-state index in [9.17, 15) is 4.79 Å². The molecule has 1 saturated heterocycles. The Bertz CT molecular complexity index is 841. The van der Waals surface area contributed by atoms with Gasteiger partial charge in [-0.05, 0) is 41.8 Å². The number of carbonyl (C=O) groups is 1.